The van der Waals surface area contributed by atoms with Gasteiger partial charge in [0.2, 0.25) is 5.91 Å². The Balaban J connectivity index is 1.48. The number of anilines is 1. The molecule has 0 spiro atoms. The molecule has 0 fully saturated rings. The van der Waals surface area contributed by atoms with Crippen LogP contribution in [0.4, 0.5) is 5.00 Å². The highest BCUT2D eigenvalue weighted by molar-refractivity contribution is 7.16. The molecule has 136 valence electrons. The molecule has 0 saturated carbocycles. The van der Waals surface area contributed by atoms with Gasteiger partial charge in [0.15, 0.2) is 0 Å². The standard InChI is InChI=1S/C21H19N3OS2/c22-12-18-17-8-9-24(13-15-5-2-1-3-6-15)14-19(17)27-21(18)23-20(25)11-16-7-4-10-26-16/h1-7,10H,8-9,11,13-14H2,(H,23,25). The summed E-state index contributed by atoms with van der Waals surface area (Å²) in [6.45, 7) is 2.65. The molecule has 27 heavy (non-hydrogen) atoms. The highest BCUT2D eigenvalue weighted by Gasteiger charge is 2.25. The summed E-state index contributed by atoms with van der Waals surface area (Å²) in [7, 11) is 0. The molecule has 4 rings (SSSR count). The van der Waals surface area contributed by atoms with Gasteiger partial charge in [0.1, 0.15) is 11.1 Å². The van der Waals surface area contributed by atoms with Crippen molar-refractivity contribution in [3.05, 3.63) is 74.3 Å². The lowest BCUT2D eigenvalue weighted by Gasteiger charge is -2.26. The molecule has 0 bridgehead atoms. The Labute approximate surface area is 166 Å². The molecule has 0 unspecified atom stereocenters. The molecular weight excluding hydrogens is 374 g/mol. The van der Waals surface area contributed by atoms with E-state index in [1.165, 1.54) is 10.4 Å². The zero-order valence-corrected chi connectivity index (χ0v) is 16.4. The second-order valence-electron chi connectivity index (χ2n) is 6.57. The summed E-state index contributed by atoms with van der Waals surface area (Å²) in [4.78, 5) is 17.0. The number of amides is 1. The second kappa shape index (κ2) is 8.05. The Kier molecular flexibility index (Phi) is 5.35. The fraction of sp³-hybridized carbons (Fsp3) is 0.238. The SMILES string of the molecule is N#Cc1c(NC(=O)Cc2cccs2)sc2c1CCN(Cc1ccccc1)C2. The van der Waals surface area contributed by atoms with Crippen LogP contribution >= 0.6 is 22.7 Å². The molecule has 0 radical (unpaired) electrons. The lowest BCUT2D eigenvalue weighted by Crippen LogP contribution is -2.29. The third kappa shape index (κ3) is 4.11. The maximum absolute atomic E-state index is 12.3. The number of carbonyl (C=O) groups is 1. The van der Waals surface area contributed by atoms with Crippen LogP contribution in [0.3, 0.4) is 0 Å². The van der Waals surface area contributed by atoms with Gasteiger partial charge in [0, 0.05) is 29.4 Å². The molecule has 0 atom stereocenters. The average Bonchev–Trinajstić information content (AvgIpc) is 3.29. The summed E-state index contributed by atoms with van der Waals surface area (Å²) in [5.41, 5.74) is 3.05. The van der Waals surface area contributed by atoms with Gasteiger partial charge in [0.05, 0.1) is 12.0 Å². The van der Waals surface area contributed by atoms with Crippen molar-refractivity contribution in [2.75, 3.05) is 11.9 Å². The van der Waals surface area contributed by atoms with Gasteiger partial charge in [-0.3, -0.25) is 9.69 Å². The molecule has 1 amide bonds. The molecule has 2 aromatic heterocycles. The van der Waals surface area contributed by atoms with Gasteiger partial charge >= 0.3 is 0 Å². The quantitative estimate of drug-likeness (QED) is 0.698. The van der Waals surface area contributed by atoms with E-state index in [0.717, 1.165) is 36.5 Å². The van der Waals surface area contributed by atoms with E-state index < -0.39 is 0 Å². The molecule has 4 nitrogen and oxygen atoms in total. The maximum atomic E-state index is 12.3. The van der Waals surface area contributed by atoms with Crippen molar-refractivity contribution in [2.24, 2.45) is 0 Å². The molecule has 1 aromatic carbocycles. The number of fused-ring (bicyclic) bond motifs is 1. The van der Waals surface area contributed by atoms with Crippen LogP contribution in [0.5, 0.6) is 0 Å². The van der Waals surface area contributed by atoms with Crippen LogP contribution in [-0.2, 0) is 30.7 Å². The number of nitrogens with zero attached hydrogens (tertiary/aromatic N) is 2. The monoisotopic (exact) mass is 393 g/mol. The molecule has 1 N–H and O–H groups in total. The molecule has 0 aliphatic carbocycles. The third-order valence-electron chi connectivity index (χ3n) is 4.66. The van der Waals surface area contributed by atoms with Crippen molar-refractivity contribution in [1.82, 2.24) is 4.90 Å². The van der Waals surface area contributed by atoms with E-state index in [4.69, 9.17) is 0 Å². The maximum Gasteiger partial charge on any atom is 0.230 e. The Morgan fingerprint density at radius 3 is 2.81 bits per heavy atom. The van der Waals surface area contributed by atoms with Gasteiger partial charge in [-0.05, 0) is 29.0 Å². The van der Waals surface area contributed by atoms with Crippen molar-refractivity contribution in [1.29, 1.82) is 5.26 Å². The minimum Gasteiger partial charge on any atom is -0.316 e. The Morgan fingerprint density at radius 1 is 1.22 bits per heavy atom. The fourth-order valence-corrected chi connectivity index (χ4v) is 5.34. The van der Waals surface area contributed by atoms with Crippen molar-refractivity contribution in [3.8, 4) is 6.07 Å². The molecule has 1 aliphatic rings. The first-order valence-corrected chi connectivity index (χ1v) is 10.6. The van der Waals surface area contributed by atoms with Gasteiger partial charge in [-0.15, -0.1) is 22.7 Å². The summed E-state index contributed by atoms with van der Waals surface area (Å²) in [5, 5.41) is 15.3. The van der Waals surface area contributed by atoms with Crippen LogP contribution in [0.25, 0.3) is 0 Å². The van der Waals surface area contributed by atoms with Crippen molar-refractivity contribution >= 4 is 33.6 Å². The molecule has 3 heterocycles. The normalized spacial score (nSPS) is 13.7. The predicted octanol–water partition coefficient (Wildman–Crippen LogP) is 4.42. The summed E-state index contributed by atoms with van der Waals surface area (Å²) in [6.07, 6.45) is 1.20. The predicted molar refractivity (Wildman–Crippen MR) is 110 cm³/mol. The first-order valence-electron chi connectivity index (χ1n) is 8.86. The largest absolute Gasteiger partial charge is 0.316 e. The zero-order valence-electron chi connectivity index (χ0n) is 14.8. The van der Waals surface area contributed by atoms with E-state index in [1.54, 1.807) is 22.7 Å². The van der Waals surface area contributed by atoms with Crippen molar-refractivity contribution < 1.29 is 4.79 Å². The fourth-order valence-electron chi connectivity index (χ4n) is 3.38. The van der Waals surface area contributed by atoms with Crippen LogP contribution in [-0.4, -0.2) is 17.4 Å². The van der Waals surface area contributed by atoms with Gasteiger partial charge in [-0.2, -0.15) is 5.26 Å². The second-order valence-corrected chi connectivity index (χ2v) is 8.71. The third-order valence-corrected chi connectivity index (χ3v) is 6.67. The van der Waals surface area contributed by atoms with E-state index in [1.807, 2.05) is 23.6 Å². The summed E-state index contributed by atoms with van der Waals surface area (Å²) in [6, 6.07) is 16.6. The van der Waals surface area contributed by atoms with Crippen LogP contribution in [0.1, 0.15) is 26.4 Å². The number of nitrogens with one attached hydrogen (secondary N) is 1. The Morgan fingerprint density at radius 2 is 2.07 bits per heavy atom. The summed E-state index contributed by atoms with van der Waals surface area (Å²) in [5.74, 6) is -0.0614. The van der Waals surface area contributed by atoms with Crippen LogP contribution < -0.4 is 5.32 Å². The van der Waals surface area contributed by atoms with E-state index in [0.29, 0.717) is 17.0 Å². The van der Waals surface area contributed by atoms with Crippen LogP contribution in [0.2, 0.25) is 0 Å². The van der Waals surface area contributed by atoms with Gasteiger partial charge in [0.25, 0.3) is 0 Å². The molecular formula is C21H19N3OS2. The number of carbonyl (C=O) groups excluding carboxylic acids is 1. The Hall–Kier alpha value is -2.46. The van der Waals surface area contributed by atoms with Gasteiger partial charge < -0.3 is 5.32 Å². The van der Waals surface area contributed by atoms with Gasteiger partial charge in [-0.25, -0.2) is 0 Å². The van der Waals surface area contributed by atoms with Crippen LogP contribution in [0, 0.1) is 11.3 Å². The number of nitriles is 1. The Bertz CT molecular complexity index is 971. The molecule has 0 saturated heterocycles. The number of benzene rings is 1. The van der Waals surface area contributed by atoms with E-state index in [-0.39, 0.29) is 5.91 Å². The molecule has 3 aromatic rings. The number of hydrogen-bond acceptors (Lipinski definition) is 5. The minimum absolute atomic E-state index is 0.0614. The lowest BCUT2D eigenvalue weighted by atomic mass is 10.0. The number of hydrogen-bond donors (Lipinski definition) is 1. The summed E-state index contributed by atoms with van der Waals surface area (Å²) < 4.78 is 0. The first kappa shape index (κ1) is 17.9. The highest BCUT2D eigenvalue weighted by Crippen LogP contribution is 2.37. The lowest BCUT2D eigenvalue weighted by molar-refractivity contribution is -0.115. The zero-order chi connectivity index (χ0) is 18.6. The average molecular weight is 394 g/mol. The van der Waals surface area contributed by atoms with E-state index in [2.05, 4.69) is 40.6 Å². The van der Waals surface area contributed by atoms with Crippen molar-refractivity contribution in [2.45, 2.75) is 25.9 Å². The summed E-state index contributed by atoms with van der Waals surface area (Å²) >= 11 is 3.12. The molecule has 6 heteroatoms. The molecule has 1 aliphatic heterocycles. The van der Waals surface area contributed by atoms with Gasteiger partial charge in [-0.1, -0.05) is 36.4 Å². The number of rotatable bonds is 5. The van der Waals surface area contributed by atoms with E-state index in [9.17, 15) is 10.1 Å². The van der Waals surface area contributed by atoms with Crippen molar-refractivity contribution in [3.63, 3.8) is 0 Å². The van der Waals surface area contributed by atoms with Crippen LogP contribution in [0.15, 0.2) is 47.8 Å². The minimum atomic E-state index is -0.0614. The smallest absolute Gasteiger partial charge is 0.230 e. The first-order chi connectivity index (χ1) is 13.2. The van der Waals surface area contributed by atoms with E-state index >= 15 is 0 Å². The highest BCUT2D eigenvalue weighted by atomic mass is 32.1. The number of thiophene rings is 2. The topological polar surface area (TPSA) is 56.1 Å².